The largest absolute Gasteiger partial charge is 0.352 e. The van der Waals surface area contributed by atoms with Crippen molar-refractivity contribution in [2.75, 3.05) is 5.32 Å². The molecule has 1 aliphatic carbocycles. The molecule has 0 spiro atoms. The van der Waals surface area contributed by atoms with Gasteiger partial charge in [-0.1, -0.05) is 6.07 Å². The number of nitrogens with zero attached hydrogens (tertiary/aromatic N) is 1. The SMILES string of the molecule is CCn1ccc(=O)c(NC(=O)[C@@H]2C[C@H]2c2ccc(F)c(F)c2)c1. The first-order valence-electron chi connectivity index (χ1n) is 7.45. The summed E-state index contributed by atoms with van der Waals surface area (Å²) in [4.78, 5) is 24.0. The molecule has 120 valence electrons. The number of rotatable bonds is 4. The first-order chi connectivity index (χ1) is 11.0. The van der Waals surface area contributed by atoms with E-state index in [0.29, 0.717) is 18.5 Å². The van der Waals surface area contributed by atoms with Gasteiger partial charge in [-0.25, -0.2) is 8.78 Å². The van der Waals surface area contributed by atoms with Crippen molar-refractivity contribution in [2.24, 2.45) is 5.92 Å². The van der Waals surface area contributed by atoms with Crippen LogP contribution in [0, 0.1) is 17.6 Å². The van der Waals surface area contributed by atoms with Crippen LogP contribution in [0.5, 0.6) is 0 Å². The Bertz CT molecular complexity index is 816. The number of halogens is 2. The van der Waals surface area contributed by atoms with Crippen LogP contribution >= 0.6 is 0 Å². The molecule has 2 aromatic rings. The Morgan fingerprint density at radius 3 is 2.78 bits per heavy atom. The first-order valence-corrected chi connectivity index (χ1v) is 7.45. The number of nitrogens with one attached hydrogen (secondary N) is 1. The summed E-state index contributed by atoms with van der Waals surface area (Å²) in [6.07, 6.45) is 3.81. The van der Waals surface area contributed by atoms with E-state index in [1.807, 2.05) is 6.92 Å². The number of hydrogen-bond donors (Lipinski definition) is 1. The Morgan fingerprint density at radius 1 is 1.30 bits per heavy atom. The van der Waals surface area contributed by atoms with Gasteiger partial charge in [0.1, 0.15) is 5.69 Å². The molecular formula is C17H16F2N2O2. The van der Waals surface area contributed by atoms with Gasteiger partial charge < -0.3 is 9.88 Å². The standard InChI is InChI=1S/C17H16F2N2O2/c1-2-21-6-5-16(22)15(9-21)20-17(23)12-8-11(12)10-3-4-13(18)14(19)7-10/h3-7,9,11-12H,2,8H2,1H3,(H,20,23)/t11-,12+/m0/s1. The van der Waals surface area contributed by atoms with Crippen molar-refractivity contribution in [1.82, 2.24) is 4.57 Å². The Labute approximate surface area is 131 Å². The molecule has 3 rings (SSSR count). The summed E-state index contributed by atoms with van der Waals surface area (Å²) >= 11 is 0. The fourth-order valence-electron chi connectivity index (χ4n) is 2.64. The number of pyridine rings is 1. The number of aromatic nitrogens is 1. The van der Waals surface area contributed by atoms with Crippen LogP contribution in [-0.2, 0) is 11.3 Å². The molecule has 1 N–H and O–H groups in total. The zero-order valence-corrected chi connectivity index (χ0v) is 12.6. The first kappa shape index (κ1) is 15.4. The van der Waals surface area contributed by atoms with Crippen LogP contribution in [-0.4, -0.2) is 10.5 Å². The number of benzene rings is 1. The van der Waals surface area contributed by atoms with E-state index in [2.05, 4.69) is 5.32 Å². The number of hydrogen-bond acceptors (Lipinski definition) is 2. The zero-order chi connectivity index (χ0) is 16.6. The van der Waals surface area contributed by atoms with E-state index < -0.39 is 11.6 Å². The zero-order valence-electron chi connectivity index (χ0n) is 12.6. The van der Waals surface area contributed by atoms with Crippen LogP contribution in [0.2, 0.25) is 0 Å². The lowest BCUT2D eigenvalue weighted by atomic mass is 10.1. The molecule has 1 amide bonds. The van der Waals surface area contributed by atoms with Gasteiger partial charge in [-0.15, -0.1) is 0 Å². The van der Waals surface area contributed by atoms with Crippen LogP contribution in [0.25, 0.3) is 0 Å². The molecule has 1 saturated carbocycles. The predicted molar refractivity (Wildman–Crippen MR) is 82.2 cm³/mol. The molecule has 1 aromatic heterocycles. The number of aryl methyl sites for hydroxylation is 1. The highest BCUT2D eigenvalue weighted by Gasteiger charge is 2.44. The summed E-state index contributed by atoms with van der Waals surface area (Å²) < 4.78 is 28.0. The van der Waals surface area contributed by atoms with Gasteiger partial charge >= 0.3 is 0 Å². The second-order valence-corrected chi connectivity index (χ2v) is 5.66. The maximum absolute atomic E-state index is 13.3. The molecule has 6 heteroatoms. The van der Waals surface area contributed by atoms with Crippen LogP contribution < -0.4 is 10.7 Å². The molecule has 1 heterocycles. The molecule has 1 fully saturated rings. The van der Waals surface area contributed by atoms with Crippen molar-refractivity contribution in [3.05, 3.63) is 64.1 Å². The number of carbonyl (C=O) groups excluding carboxylic acids is 1. The summed E-state index contributed by atoms with van der Waals surface area (Å²) in [6, 6.07) is 5.08. The molecule has 4 nitrogen and oxygen atoms in total. The lowest BCUT2D eigenvalue weighted by Crippen LogP contribution is -2.21. The van der Waals surface area contributed by atoms with E-state index in [1.54, 1.807) is 17.0 Å². The smallest absolute Gasteiger partial charge is 0.228 e. The minimum absolute atomic E-state index is 0.137. The van der Waals surface area contributed by atoms with Gasteiger partial charge in [0, 0.05) is 30.9 Å². The average Bonchev–Trinajstić information content (AvgIpc) is 3.33. The highest BCUT2D eigenvalue weighted by Crippen LogP contribution is 2.48. The second kappa shape index (κ2) is 5.95. The number of amides is 1. The van der Waals surface area contributed by atoms with Crippen LogP contribution in [0.4, 0.5) is 14.5 Å². The molecule has 2 atom stereocenters. The lowest BCUT2D eigenvalue weighted by molar-refractivity contribution is -0.117. The highest BCUT2D eigenvalue weighted by molar-refractivity contribution is 5.95. The van der Waals surface area contributed by atoms with Crippen LogP contribution in [0.3, 0.4) is 0 Å². The van der Waals surface area contributed by atoms with E-state index in [0.717, 1.165) is 12.1 Å². The van der Waals surface area contributed by atoms with Gasteiger partial charge in [-0.3, -0.25) is 9.59 Å². The molecule has 0 radical (unpaired) electrons. The van der Waals surface area contributed by atoms with Gasteiger partial charge in [0.2, 0.25) is 11.3 Å². The van der Waals surface area contributed by atoms with Gasteiger partial charge in [0.25, 0.3) is 0 Å². The van der Waals surface area contributed by atoms with Crippen LogP contribution in [0.15, 0.2) is 41.5 Å². The molecule has 0 aliphatic heterocycles. The number of carbonyl (C=O) groups is 1. The van der Waals surface area contributed by atoms with E-state index in [4.69, 9.17) is 0 Å². The summed E-state index contributed by atoms with van der Waals surface area (Å²) in [5.74, 6) is -2.55. The molecular weight excluding hydrogens is 302 g/mol. The van der Waals surface area contributed by atoms with E-state index in [-0.39, 0.29) is 28.9 Å². The van der Waals surface area contributed by atoms with Crippen molar-refractivity contribution >= 4 is 11.6 Å². The topological polar surface area (TPSA) is 51.1 Å². The average molecular weight is 318 g/mol. The summed E-state index contributed by atoms with van der Waals surface area (Å²) in [5.41, 5.74) is 0.575. The minimum atomic E-state index is -0.914. The molecule has 1 aliphatic rings. The Morgan fingerprint density at radius 2 is 2.09 bits per heavy atom. The third-order valence-corrected chi connectivity index (χ3v) is 4.10. The van der Waals surface area contributed by atoms with Crippen molar-refractivity contribution < 1.29 is 13.6 Å². The highest BCUT2D eigenvalue weighted by atomic mass is 19.2. The van der Waals surface area contributed by atoms with E-state index in [9.17, 15) is 18.4 Å². The van der Waals surface area contributed by atoms with Crippen molar-refractivity contribution in [3.63, 3.8) is 0 Å². The predicted octanol–water partition coefficient (Wildman–Crippen LogP) is 2.89. The quantitative estimate of drug-likeness (QED) is 0.942. The summed E-state index contributed by atoms with van der Waals surface area (Å²) in [5, 5.41) is 2.63. The van der Waals surface area contributed by atoms with E-state index in [1.165, 1.54) is 12.1 Å². The normalized spacial score (nSPS) is 19.4. The molecule has 1 aromatic carbocycles. The van der Waals surface area contributed by atoms with E-state index >= 15 is 0 Å². The summed E-state index contributed by atoms with van der Waals surface area (Å²) in [6.45, 7) is 2.61. The van der Waals surface area contributed by atoms with Crippen molar-refractivity contribution in [1.29, 1.82) is 0 Å². The summed E-state index contributed by atoms with van der Waals surface area (Å²) in [7, 11) is 0. The van der Waals surface area contributed by atoms with Gasteiger partial charge in [-0.05, 0) is 37.0 Å². The molecule has 0 bridgehead atoms. The molecule has 0 saturated heterocycles. The van der Waals surface area contributed by atoms with Crippen molar-refractivity contribution in [3.8, 4) is 0 Å². The Balaban J connectivity index is 1.71. The van der Waals surface area contributed by atoms with Crippen molar-refractivity contribution in [2.45, 2.75) is 25.8 Å². The maximum atomic E-state index is 13.3. The Hall–Kier alpha value is -2.50. The third-order valence-electron chi connectivity index (χ3n) is 4.10. The maximum Gasteiger partial charge on any atom is 0.228 e. The Kier molecular flexibility index (Phi) is 3.98. The monoisotopic (exact) mass is 318 g/mol. The number of anilines is 1. The molecule has 0 unspecified atom stereocenters. The van der Waals surface area contributed by atoms with Gasteiger partial charge in [0.15, 0.2) is 11.6 Å². The van der Waals surface area contributed by atoms with Gasteiger partial charge in [-0.2, -0.15) is 0 Å². The van der Waals surface area contributed by atoms with Gasteiger partial charge in [0.05, 0.1) is 0 Å². The second-order valence-electron chi connectivity index (χ2n) is 5.66. The van der Waals surface area contributed by atoms with Crippen LogP contribution in [0.1, 0.15) is 24.8 Å². The lowest BCUT2D eigenvalue weighted by Gasteiger charge is -2.08. The third kappa shape index (κ3) is 3.16. The fourth-order valence-corrected chi connectivity index (χ4v) is 2.64. The molecule has 23 heavy (non-hydrogen) atoms. The minimum Gasteiger partial charge on any atom is -0.352 e. The fraction of sp³-hybridized carbons (Fsp3) is 0.294.